The molecule has 0 radical (unpaired) electrons. The Kier molecular flexibility index (Phi) is 9.37. The van der Waals surface area contributed by atoms with Crippen molar-refractivity contribution in [2.45, 2.75) is 51.9 Å². The van der Waals surface area contributed by atoms with Crippen molar-refractivity contribution in [3.05, 3.63) is 17.8 Å². The Labute approximate surface area is 126 Å². The van der Waals surface area contributed by atoms with Crippen LogP contribution in [0.3, 0.4) is 0 Å². The molecule has 1 rings (SSSR count). The maximum atomic E-state index is 13.8. The number of unbranched alkanes of at least 4 members (excludes halogenated alkanes) is 5. The highest BCUT2D eigenvalue weighted by Crippen LogP contribution is 2.13. The van der Waals surface area contributed by atoms with Gasteiger partial charge in [-0.1, -0.05) is 32.6 Å². The minimum atomic E-state index is -0.299. The Morgan fingerprint density at radius 2 is 1.80 bits per heavy atom. The third-order valence-electron chi connectivity index (χ3n) is 3.26. The van der Waals surface area contributed by atoms with E-state index < -0.39 is 0 Å². The lowest BCUT2D eigenvalue weighted by Crippen LogP contribution is -2.08. The minimum Gasteiger partial charge on any atom is -0.368 e. The largest absolute Gasteiger partial charge is 0.368 e. The Hall–Kier alpha value is -0.840. The molecule has 114 valence electrons. The van der Waals surface area contributed by atoms with Gasteiger partial charge in [0.1, 0.15) is 6.33 Å². The van der Waals surface area contributed by atoms with Crippen LogP contribution in [0.5, 0.6) is 0 Å². The van der Waals surface area contributed by atoms with Crippen LogP contribution in [-0.4, -0.2) is 28.5 Å². The quantitative estimate of drug-likeness (QED) is 0.618. The number of rotatable bonds is 11. The highest BCUT2D eigenvalue weighted by atomic mass is 32.2. The molecule has 0 unspecified atom stereocenters. The first-order chi connectivity index (χ1) is 9.79. The summed E-state index contributed by atoms with van der Waals surface area (Å²) in [6.45, 7) is 2.67. The number of hydrogen-bond donors (Lipinski definition) is 1. The van der Waals surface area contributed by atoms with Gasteiger partial charge in [-0.15, -0.1) is 0 Å². The minimum absolute atomic E-state index is 0.299. The third-order valence-corrected chi connectivity index (χ3v) is 3.96. The van der Waals surface area contributed by atoms with Gasteiger partial charge in [0.05, 0.1) is 5.69 Å². The summed E-state index contributed by atoms with van der Waals surface area (Å²) in [4.78, 5) is 7.88. The summed E-state index contributed by atoms with van der Waals surface area (Å²) in [5, 5.41) is 3.07. The van der Waals surface area contributed by atoms with Gasteiger partial charge in [0, 0.05) is 6.54 Å². The fourth-order valence-corrected chi connectivity index (χ4v) is 2.55. The number of nitrogens with one attached hydrogen (secondary N) is 1. The topological polar surface area (TPSA) is 37.8 Å². The number of nitrogens with zero attached hydrogens (tertiary/aromatic N) is 2. The second-order valence-corrected chi connectivity index (χ2v) is 5.86. The van der Waals surface area contributed by atoms with Crippen LogP contribution >= 0.6 is 11.8 Å². The highest BCUT2D eigenvalue weighted by Gasteiger charge is 2.08. The molecule has 3 nitrogen and oxygen atoms in total. The van der Waals surface area contributed by atoms with Crippen molar-refractivity contribution in [2.75, 3.05) is 23.9 Å². The fraction of sp³-hybridized carbons (Fsp3) is 0.733. The zero-order chi connectivity index (χ0) is 14.6. The summed E-state index contributed by atoms with van der Waals surface area (Å²) in [6, 6.07) is 0. The molecule has 0 saturated heterocycles. The van der Waals surface area contributed by atoms with E-state index in [0.717, 1.165) is 13.0 Å². The van der Waals surface area contributed by atoms with Gasteiger partial charge in [0.25, 0.3) is 0 Å². The van der Waals surface area contributed by atoms with E-state index in [9.17, 15) is 4.39 Å². The van der Waals surface area contributed by atoms with E-state index in [-0.39, 0.29) is 5.82 Å². The molecule has 0 amide bonds. The van der Waals surface area contributed by atoms with Crippen LogP contribution in [-0.2, 0) is 6.42 Å². The zero-order valence-electron chi connectivity index (χ0n) is 12.6. The summed E-state index contributed by atoms with van der Waals surface area (Å²) in [7, 11) is 0. The van der Waals surface area contributed by atoms with Gasteiger partial charge in [-0.3, -0.25) is 0 Å². The summed E-state index contributed by atoms with van der Waals surface area (Å²) in [5.74, 6) is 1.32. The third kappa shape index (κ3) is 6.55. The maximum absolute atomic E-state index is 13.8. The SMILES string of the molecule is CCc1ncnc(NCCCCCCCCSC)c1F. The summed E-state index contributed by atoms with van der Waals surface area (Å²) >= 11 is 1.92. The van der Waals surface area contributed by atoms with Crippen LogP contribution in [0.1, 0.15) is 51.1 Å². The Morgan fingerprint density at radius 1 is 1.10 bits per heavy atom. The number of aryl methyl sites for hydroxylation is 1. The van der Waals surface area contributed by atoms with E-state index in [4.69, 9.17) is 0 Å². The summed E-state index contributed by atoms with van der Waals surface area (Å²) in [5.41, 5.74) is 0.483. The first-order valence-electron chi connectivity index (χ1n) is 7.51. The average Bonchev–Trinajstić information content (AvgIpc) is 2.47. The van der Waals surface area contributed by atoms with Gasteiger partial charge in [-0.05, 0) is 31.3 Å². The van der Waals surface area contributed by atoms with Crippen molar-refractivity contribution in [3.63, 3.8) is 0 Å². The summed E-state index contributed by atoms with van der Waals surface area (Å²) < 4.78 is 13.8. The molecule has 0 aromatic carbocycles. The zero-order valence-corrected chi connectivity index (χ0v) is 13.4. The second kappa shape index (κ2) is 10.9. The molecule has 0 aliphatic carbocycles. The maximum Gasteiger partial charge on any atom is 0.186 e. The lowest BCUT2D eigenvalue weighted by Gasteiger charge is -2.08. The van der Waals surface area contributed by atoms with Gasteiger partial charge in [-0.25, -0.2) is 14.4 Å². The molecule has 0 saturated carbocycles. The van der Waals surface area contributed by atoms with Gasteiger partial charge < -0.3 is 5.32 Å². The van der Waals surface area contributed by atoms with E-state index in [1.165, 1.54) is 44.2 Å². The molecular weight excluding hydrogens is 273 g/mol. The first-order valence-corrected chi connectivity index (χ1v) is 8.91. The highest BCUT2D eigenvalue weighted by molar-refractivity contribution is 7.98. The van der Waals surface area contributed by atoms with Crippen LogP contribution < -0.4 is 5.32 Å². The molecule has 0 spiro atoms. The number of aromatic nitrogens is 2. The number of hydrogen-bond acceptors (Lipinski definition) is 4. The van der Waals surface area contributed by atoms with Gasteiger partial charge in [0.15, 0.2) is 11.6 Å². The molecule has 5 heteroatoms. The number of thioether (sulfide) groups is 1. The molecule has 0 bridgehead atoms. The van der Waals surface area contributed by atoms with E-state index in [1.807, 2.05) is 18.7 Å². The molecule has 1 N–H and O–H groups in total. The molecule has 0 fully saturated rings. The van der Waals surface area contributed by atoms with Gasteiger partial charge in [-0.2, -0.15) is 11.8 Å². The fourth-order valence-electron chi connectivity index (χ4n) is 2.06. The van der Waals surface area contributed by atoms with Crippen molar-refractivity contribution in [3.8, 4) is 0 Å². The van der Waals surface area contributed by atoms with Crippen LogP contribution in [0.2, 0.25) is 0 Å². The second-order valence-electron chi connectivity index (χ2n) is 4.88. The Bertz CT molecular complexity index is 374. The summed E-state index contributed by atoms with van der Waals surface area (Å²) in [6.07, 6.45) is 11.7. The number of halogens is 1. The molecule has 0 atom stereocenters. The van der Waals surface area contributed by atoms with Crippen molar-refractivity contribution in [1.82, 2.24) is 9.97 Å². The van der Waals surface area contributed by atoms with E-state index in [1.54, 1.807) is 0 Å². The van der Waals surface area contributed by atoms with Crippen LogP contribution in [0.15, 0.2) is 6.33 Å². The Balaban J connectivity index is 2.09. The average molecular weight is 299 g/mol. The molecule has 20 heavy (non-hydrogen) atoms. The van der Waals surface area contributed by atoms with Crippen molar-refractivity contribution >= 4 is 17.6 Å². The van der Waals surface area contributed by atoms with E-state index >= 15 is 0 Å². The molecule has 0 aliphatic rings. The molecule has 0 aliphatic heterocycles. The van der Waals surface area contributed by atoms with E-state index in [0.29, 0.717) is 17.9 Å². The standard InChI is InChI=1S/C15H26FN3S/c1-3-13-14(16)15(19-12-18-13)17-10-8-6-4-5-7-9-11-20-2/h12H,3-11H2,1-2H3,(H,17,18,19). The van der Waals surface area contributed by atoms with Crippen LogP contribution in [0, 0.1) is 5.82 Å². The lowest BCUT2D eigenvalue weighted by atomic mass is 10.1. The van der Waals surface area contributed by atoms with Gasteiger partial charge in [0.2, 0.25) is 0 Å². The lowest BCUT2D eigenvalue weighted by molar-refractivity contribution is 0.592. The van der Waals surface area contributed by atoms with Crippen LogP contribution in [0.25, 0.3) is 0 Å². The predicted octanol–water partition coefficient (Wildman–Crippen LogP) is 4.29. The first kappa shape index (κ1) is 17.2. The van der Waals surface area contributed by atoms with Crippen molar-refractivity contribution < 1.29 is 4.39 Å². The molecule has 1 heterocycles. The normalized spacial score (nSPS) is 10.8. The monoisotopic (exact) mass is 299 g/mol. The predicted molar refractivity (Wildman–Crippen MR) is 85.9 cm³/mol. The molecule has 1 aromatic heterocycles. The number of anilines is 1. The van der Waals surface area contributed by atoms with Crippen molar-refractivity contribution in [1.29, 1.82) is 0 Å². The van der Waals surface area contributed by atoms with Gasteiger partial charge >= 0.3 is 0 Å². The Morgan fingerprint density at radius 3 is 2.50 bits per heavy atom. The molecule has 1 aromatic rings. The van der Waals surface area contributed by atoms with E-state index in [2.05, 4.69) is 21.5 Å². The van der Waals surface area contributed by atoms with Crippen LogP contribution in [0.4, 0.5) is 10.2 Å². The smallest absolute Gasteiger partial charge is 0.186 e. The van der Waals surface area contributed by atoms with Crippen molar-refractivity contribution in [2.24, 2.45) is 0 Å². The molecular formula is C15H26FN3S.